The van der Waals surface area contributed by atoms with Crippen molar-refractivity contribution in [3.8, 4) is 0 Å². The summed E-state index contributed by atoms with van der Waals surface area (Å²) in [7, 11) is 0. The molecule has 0 unspecified atom stereocenters. The molecule has 0 aliphatic carbocycles. The molecule has 1 aromatic rings. The monoisotopic (exact) mass is 182 g/mol. The summed E-state index contributed by atoms with van der Waals surface area (Å²) < 4.78 is 7.11. The highest BCUT2D eigenvalue weighted by Crippen LogP contribution is 2.22. The van der Waals surface area contributed by atoms with E-state index in [1.807, 2.05) is 10.8 Å². The Labute approximate surface area is 77.2 Å². The van der Waals surface area contributed by atoms with Crippen LogP contribution < -0.4 is 0 Å². The first kappa shape index (κ1) is 8.72. The van der Waals surface area contributed by atoms with Gasteiger partial charge in [0.1, 0.15) is 0 Å². The first-order valence-electron chi connectivity index (χ1n) is 4.54. The van der Waals surface area contributed by atoms with Gasteiger partial charge in [-0.1, -0.05) is 0 Å². The lowest BCUT2D eigenvalue weighted by Crippen LogP contribution is -2.39. The zero-order valence-corrected chi connectivity index (χ0v) is 7.52. The molecular weight excluding hydrogens is 168 g/mol. The van der Waals surface area contributed by atoms with Crippen LogP contribution in [0.25, 0.3) is 0 Å². The van der Waals surface area contributed by atoms with E-state index in [1.165, 1.54) is 0 Å². The van der Waals surface area contributed by atoms with E-state index in [2.05, 4.69) is 4.98 Å². The number of imidazole rings is 1. The molecule has 1 saturated heterocycles. The Balaban J connectivity index is 1.99. The molecule has 0 saturated carbocycles. The van der Waals surface area contributed by atoms with Crippen molar-refractivity contribution in [1.29, 1.82) is 0 Å². The van der Waals surface area contributed by atoms with Crippen molar-refractivity contribution in [2.45, 2.75) is 25.0 Å². The number of nitrogens with zero attached hydrogens (tertiary/aromatic N) is 2. The minimum absolute atomic E-state index is 0.598. The van der Waals surface area contributed by atoms with E-state index in [1.54, 1.807) is 12.5 Å². The van der Waals surface area contributed by atoms with E-state index >= 15 is 0 Å². The third kappa shape index (κ3) is 2.08. The van der Waals surface area contributed by atoms with Crippen LogP contribution in [-0.2, 0) is 11.3 Å². The molecule has 0 bridgehead atoms. The van der Waals surface area contributed by atoms with Gasteiger partial charge in [0, 0.05) is 38.4 Å². The molecule has 1 aliphatic heterocycles. The van der Waals surface area contributed by atoms with E-state index < -0.39 is 5.60 Å². The molecule has 1 aliphatic rings. The quantitative estimate of drug-likeness (QED) is 0.721. The van der Waals surface area contributed by atoms with Crippen LogP contribution in [0.3, 0.4) is 0 Å². The molecule has 0 aromatic carbocycles. The van der Waals surface area contributed by atoms with Gasteiger partial charge in [0.2, 0.25) is 0 Å². The largest absolute Gasteiger partial charge is 0.388 e. The van der Waals surface area contributed by atoms with Gasteiger partial charge in [-0.05, 0) is 0 Å². The fourth-order valence-corrected chi connectivity index (χ4v) is 1.63. The predicted molar refractivity (Wildman–Crippen MR) is 47.2 cm³/mol. The topological polar surface area (TPSA) is 47.3 Å². The third-order valence-corrected chi connectivity index (χ3v) is 2.46. The van der Waals surface area contributed by atoms with Crippen molar-refractivity contribution in [3.05, 3.63) is 18.7 Å². The van der Waals surface area contributed by atoms with Gasteiger partial charge in [-0.25, -0.2) is 4.98 Å². The van der Waals surface area contributed by atoms with Crippen LogP contribution >= 0.6 is 0 Å². The highest BCUT2D eigenvalue weighted by molar-refractivity contribution is 4.85. The summed E-state index contributed by atoms with van der Waals surface area (Å²) in [6.45, 7) is 1.94. The van der Waals surface area contributed by atoms with Crippen molar-refractivity contribution in [2.75, 3.05) is 13.2 Å². The third-order valence-electron chi connectivity index (χ3n) is 2.46. The highest BCUT2D eigenvalue weighted by atomic mass is 16.5. The van der Waals surface area contributed by atoms with Crippen LogP contribution in [-0.4, -0.2) is 33.5 Å². The molecule has 0 radical (unpaired) electrons. The van der Waals surface area contributed by atoms with Gasteiger partial charge in [0.25, 0.3) is 0 Å². The first-order valence-corrected chi connectivity index (χ1v) is 4.54. The van der Waals surface area contributed by atoms with Gasteiger partial charge in [0.15, 0.2) is 0 Å². The molecule has 1 N–H and O–H groups in total. The number of hydrogen-bond acceptors (Lipinski definition) is 3. The summed E-state index contributed by atoms with van der Waals surface area (Å²) in [5, 5.41) is 10.1. The summed E-state index contributed by atoms with van der Waals surface area (Å²) in [4.78, 5) is 3.94. The normalized spacial score (nSPS) is 21.6. The van der Waals surface area contributed by atoms with Crippen molar-refractivity contribution in [1.82, 2.24) is 9.55 Å². The van der Waals surface area contributed by atoms with Gasteiger partial charge in [0.05, 0.1) is 18.5 Å². The second kappa shape index (κ2) is 3.47. The Bertz CT molecular complexity index is 253. The maximum Gasteiger partial charge on any atom is 0.0946 e. The lowest BCUT2D eigenvalue weighted by molar-refractivity contribution is -0.0728. The van der Waals surface area contributed by atoms with E-state index in [4.69, 9.17) is 4.74 Å². The number of rotatable bonds is 2. The Hall–Kier alpha value is -0.870. The number of ether oxygens (including phenoxy) is 1. The predicted octanol–water partition coefficient (Wildman–Crippen LogP) is 0.425. The van der Waals surface area contributed by atoms with Crippen LogP contribution in [0.5, 0.6) is 0 Å². The molecule has 13 heavy (non-hydrogen) atoms. The van der Waals surface area contributed by atoms with Crippen LogP contribution in [0.4, 0.5) is 0 Å². The lowest BCUT2D eigenvalue weighted by atomic mass is 9.94. The Morgan fingerprint density at radius 2 is 2.23 bits per heavy atom. The molecule has 1 fully saturated rings. The molecule has 1 aromatic heterocycles. The van der Waals surface area contributed by atoms with Crippen molar-refractivity contribution in [3.63, 3.8) is 0 Å². The fourth-order valence-electron chi connectivity index (χ4n) is 1.63. The Morgan fingerprint density at radius 1 is 1.46 bits per heavy atom. The summed E-state index contributed by atoms with van der Waals surface area (Å²) in [5.74, 6) is 0. The van der Waals surface area contributed by atoms with Crippen LogP contribution in [0.2, 0.25) is 0 Å². The minimum Gasteiger partial charge on any atom is -0.388 e. The molecule has 2 rings (SSSR count). The maximum absolute atomic E-state index is 10.1. The molecular formula is C9H14N2O2. The molecule has 0 atom stereocenters. The molecule has 4 nitrogen and oxygen atoms in total. The molecule has 2 heterocycles. The van der Waals surface area contributed by atoms with Crippen molar-refractivity contribution < 1.29 is 9.84 Å². The average Bonchev–Trinajstić information content (AvgIpc) is 2.57. The zero-order valence-electron chi connectivity index (χ0n) is 7.52. The number of aromatic nitrogens is 2. The molecule has 0 spiro atoms. The Kier molecular flexibility index (Phi) is 2.33. The minimum atomic E-state index is -0.598. The highest BCUT2D eigenvalue weighted by Gasteiger charge is 2.29. The van der Waals surface area contributed by atoms with E-state index in [0.29, 0.717) is 32.6 Å². The molecule has 0 amide bonds. The van der Waals surface area contributed by atoms with E-state index in [9.17, 15) is 5.11 Å². The first-order chi connectivity index (χ1) is 6.29. The van der Waals surface area contributed by atoms with Crippen LogP contribution in [0.1, 0.15) is 12.8 Å². The second-order valence-corrected chi connectivity index (χ2v) is 3.57. The summed E-state index contributed by atoms with van der Waals surface area (Å²) in [5.41, 5.74) is -0.598. The lowest BCUT2D eigenvalue weighted by Gasteiger charge is -2.32. The van der Waals surface area contributed by atoms with Gasteiger partial charge in [-0.15, -0.1) is 0 Å². The number of aliphatic hydroxyl groups is 1. The van der Waals surface area contributed by atoms with Crippen molar-refractivity contribution >= 4 is 0 Å². The van der Waals surface area contributed by atoms with Gasteiger partial charge >= 0.3 is 0 Å². The zero-order chi connectivity index (χ0) is 9.15. The summed E-state index contributed by atoms with van der Waals surface area (Å²) >= 11 is 0. The fraction of sp³-hybridized carbons (Fsp3) is 0.667. The van der Waals surface area contributed by atoms with E-state index in [0.717, 1.165) is 0 Å². The Morgan fingerprint density at radius 3 is 2.85 bits per heavy atom. The SMILES string of the molecule is OC1(Cn2ccnc2)CCOCC1. The van der Waals surface area contributed by atoms with Gasteiger partial charge < -0.3 is 14.4 Å². The smallest absolute Gasteiger partial charge is 0.0946 e. The summed E-state index contributed by atoms with van der Waals surface area (Å²) in [6.07, 6.45) is 6.75. The van der Waals surface area contributed by atoms with Crippen LogP contribution in [0.15, 0.2) is 18.7 Å². The molecule has 4 heteroatoms. The standard InChI is InChI=1S/C9H14N2O2/c12-9(1-5-13-6-2-9)7-11-4-3-10-8-11/h3-4,8,12H,1-2,5-7H2. The average molecular weight is 182 g/mol. The molecule has 72 valence electrons. The van der Waals surface area contributed by atoms with Crippen molar-refractivity contribution in [2.24, 2.45) is 0 Å². The van der Waals surface area contributed by atoms with Gasteiger partial charge in [-0.3, -0.25) is 0 Å². The van der Waals surface area contributed by atoms with Crippen LogP contribution in [0, 0.1) is 0 Å². The second-order valence-electron chi connectivity index (χ2n) is 3.57. The van der Waals surface area contributed by atoms with E-state index in [-0.39, 0.29) is 0 Å². The van der Waals surface area contributed by atoms with Gasteiger partial charge in [-0.2, -0.15) is 0 Å². The number of hydrogen-bond donors (Lipinski definition) is 1. The maximum atomic E-state index is 10.1. The summed E-state index contributed by atoms with van der Waals surface area (Å²) in [6, 6.07) is 0.